The molecular formula is C6H14O2S. The lowest BCUT2D eigenvalue weighted by Crippen LogP contribution is -1.78. The smallest absolute Gasteiger partial charge is 0.300 e. The fourth-order valence-electron chi connectivity index (χ4n) is 0.204. The quantitative estimate of drug-likeness (QED) is 0.652. The van der Waals surface area contributed by atoms with Crippen molar-refractivity contribution in [1.29, 1.82) is 0 Å². The van der Waals surface area contributed by atoms with Gasteiger partial charge in [-0.1, -0.05) is 13.8 Å². The standard InChI is InChI=1S/C4H10S.C2H4O2/c1-3-5-4-2;1-2(3)4/h3-4H2,1-2H3;1H3,(H,3,4). The van der Waals surface area contributed by atoms with Crippen LogP contribution in [0.2, 0.25) is 0 Å². The Balaban J connectivity index is 0. The summed E-state index contributed by atoms with van der Waals surface area (Å²) in [6.45, 7) is 5.43. The van der Waals surface area contributed by atoms with Gasteiger partial charge in [-0.2, -0.15) is 11.8 Å². The van der Waals surface area contributed by atoms with E-state index in [4.69, 9.17) is 9.90 Å². The number of rotatable bonds is 2. The third-order valence-electron chi connectivity index (χ3n) is 0.408. The van der Waals surface area contributed by atoms with Crippen LogP contribution in [-0.2, 0) is 4.79 Å². The van der Waals surface area contributed by atoms with Crippen molar-refractivity contribution in [3.05, 3.63) is 0 Å². The summed E-state index contributed by atoms with van der Waals surface area (Å²) in [4.78, 5) is 9.00. The van der Waals surface area contributed by atoms with Crippen LogP contribution in [0.4, 0.5) is 0 Å². The maximum Gasteiger partial charge on any atom is 0.300 e. The summed E-state index contributed by atoms with van der Waals surface area (Å²) in [5, 5.41) is 7.42. The summed E-state index contributed by atoms with van der Waals surface area (Å²) in [6.07, 6.45) is 0. The molecule has 56 valence electrons. The predicted octanol–water partition coefficient (Wildman–Crippen LogP) is 1.85. The van der Waals surface area contributed by atoms with E-state index in [1.807, 2.05) is 11.8 Å². The third kappa shape index (κ3) is 80.0. The number of aliphatic carboxylic acids is 1. The second-order valence-corrected chi connectivity index (χ2v) is 2.86. The van der Waals surface area contributed by atoms with E-state index in [1.54, 1.807) is 0 Å². The molecule has 0 aliphatic heterocycles. The van der Waals surface area contributed by atoms with Crippen molar-refractivity contribution < 1.29 is 9.90 Å². The van der Waals surface area contributed by atoms with Crippen molar-refractivity contribution in [2.24, 2.45) is 0 Å². The molecule has 0 unspecified atom stereocenters. The van der Waals surface area contributed by atoms with Gasteiger partial charge in [0, 0.05) is 6.92 Å². The van der Waals surface area contributed by atoms with E-state index < -0.39 is 5.97 Å². The second kappa shape index (κ2) is 10.7. The third-order valence-corrected chi connectivity index (χ3v) is 1.22. The molecule has 0 aliphatic rings. The number of carboxylic acid groups (broad SMARTS) is 1. The van der Waals surface area contributed by atoms with Crippen molar-refractivity contribution in [2.45, 2.75) is 20.8 Å². The van der Waals surface area contributed by atoms with Crippen LogP contribution in [-0.4, -0.2) is 22.6 Å². The van der Waals surface area contributed by atoms with Crippen molar-refractivity contribution in [3.63, 3.8) is 0 Å². The van der Waals surface area contributed by atoms with E-state index in [-0.39, 0.29) is 0 Å². The summed E-state index contributed by atoms with van der Waals surface area (Å²) in [7, 11) is 0. The monoisotopic (exact) mass is 150 g/mol. The average Bonchev–Trinajstić information content (AvgIpc) is 1.66. The van der Waals surface area contributed by atoms with Gasteiger partial charge in [-0.25, -0.2) is 0 Å². The molecule has 0 aromatic heterocycles. The highest BCUT2D eigenvalue weighted by atomic mass is 32.2. The summed E-state index contributed by atoms with van der Waals surface area (Å²) in [5.74, 6) is 1.69. The fourth-order valence-corrected chi connectivity index (χ4v) is 0.612. The molecule has 9 heavy (non-hydrogen) atoms. The molecule has 0 aromatic rings. The molecule has 0 saturated heterocycles. The highest BCUT2D eigenvalue weighted by Crippen LogP contribution is 1.93. The van der Waals surface area contributed by atoms with Crippen LogP contribution in [0.15, 0.2) is 0 Å². The van der Waals surface area contributed by atoms with E-state index >= 15 is 0 Å². The van der Waals surface area contributed by atoms with E-state index in [1.165, 1.54) is 11.5 Å². The molecule has 0 saturated carbocycles. The predicted molar refractivity (Wildman–Crippen MR) is 42.0 cm³/mol. The van der Waals surface area contributed by atoms with Crippen LogP contribution in [0.3, 0.4) is 0 Å². The first-order valence-electron chi connectivity index (χ1n) is 2.92. The number of hydrogen-bond donors (Lipinski definition) is 1. The number of carbonyl (C=O) groups is 1. The van der Waals surface area contributed by atoms with Crippen LogP contribution in [0.5, 0.6) is 0 Å². The molecule has 2 nitrogen and oxygen atoms in total. The normalized spacial score (nSPS) is 7.44. The molecule has 0 spiro atoms. The van der Waals surface area contributed by atoms with Crippen molar-refractivity contribution >= 4 is 17.7 Å². The molecule has 0 fully saturated rings. The average molecular weight is 150 g/mol. The van der Waals surface area contributed by atoms with E-state index in [2.05, 4.69) is 13.8 Å². The Labute approximate surface area is 60.6 Å². The lowest BCUT2D eigenvalue weighted by Gasteiger charge is -1.80. The van der Waals surface area contributed by atoms with Crippen molar-refractivity contribution in [3.8, 4) is 0 Å². The second-order valence-electron chi connectivity index (χ2n) is 1.30. The molecule has 0 atom stereocenters. The SMILES string of the molecule is CC(=O)O.CCSCC. The molecule has 3 heteroatoms. The van der Waals surface area contributed by atoms with Gasteiger partial charge in [0.1, 0.15) is 0 Å². The van der Waals surface area contributed by atoms with Crippen LogP contribution in [0.25, 0.3) is 0 Å². The largest absolute Gasteiger partial charge is 0.481 e. The zero-order valence-electron chi connectivity index (χ0n) is 6.18. The Bertz CT molecular complexity index is 58.1. The number of hydrogen-bond acceptors (Lipinski definition) is 2. The maximum absolute atomic E-state index is 9.00. The lowest BCUT2D eigenvalue weighted by molar-refractivity contribution is -0.134. The minimum absolute atomic E-state index is 0.833. The van der Waals surface area contributed by atoms with Gasteiger partial charge in [-0.15, -0.1) is 0 Å². The van der Waals surface area contributed by atoms with Crippen LogP contribution >= 0.6 is 11.8 Å². The Kier molecular flexibility index (Phi) is 13.8. The van der Waals surface area contributed by atoms with Gasteiger partial charge >= 0.3 is 0 Å². The van der Waals surface area contributed by atoms with E-state index in [0.29, 0.717) is 0 Å². The molecule has 0 aliphatic carbocycles. The van der Waals surface area contributed by atoms with Crippen molar-refractivity contribution in [2.75, 3.05) is 11.5 Å². The highest BCUT2D eigenvalue weighted by Gasteiger charge is 1.67. The zero-order chi connectivity index (χ0) is 7.70. The topological polar surface area (TPSA) is 37.3 Å². The number of thioether (sulfide) groups is 1. The van der Waals surface area contributed by atoms with Crippen molar-refractivity contribution in [1.82, 2.24) is 0 Å². The Morgan fingerprint density at radius 3 is 1.67 bits per heavy atom. The molecule has 1 N–H and O–H groups in total. The molecule has 0 aromatic carbocycles. The first-order valence-corrected chi connectivity index (χ1v) is 4.07. The lowest BCUT2D eigenvalue weighted by atomic mass is 10.9. The van der Waals surface area contributed by atoms with Gasteiger partial charge in [0.05, 0.1) is 0 Å². The highest BCUT2D eigenvalue weighted by molar-refractivity contribution is 7.99. The van der Waals surface area contributed by atoms with Gasteiger partial charge < -0.3 is 5.11 Å². The first kappa shape index (κ1) is 11.6. The van der Waals surface area contributed by atoms with Gasteiger partial charge in [-0.05, 0) is 11.5 Å². The minimum Gasteiger partial charge on any atom is -0.481 e. The van der Waals surface area contributed by atoms with Crippen LogP contribution in [0.1, 0.15) is 20.8 Å². The molecule has 0 heterocycles. The summed E-state index contributed by atoms with van der Waals surface area (Å²) >= 11 is 1.96. The first-order chi connectivity index (χ1) is 4.15. The zero-order valence-corrected chi connectivity index (χ0v) is 6.99. The minimum atomic E-state index is -0.833. The Hall–Kier alpha value is -0.180. The summed E-state index contributed by atoms with van der Waals surface area (Å²) < 4.78 is 0. The van der Waals surface area contributed by atoms with Crippen LogP contribution < -0.4 is 0 Å². The van der Waals surface area contributed by atoms with E-state index in [9.17, 15) is 0 Å². The van der Waals surface area contributed by atoms with Gasteiger partial charge in [0.2, 0.25) is 0 Å². The van der Waals surface area contributed by atoms with Crippen LogP contribution in [0, 0.1) is 0 Å². The number of carboxylic acids is 1. The Morgan fingerprint density at radius 1 is 1.44 bits per heavy atom. The fraction of sp³-hybridized carbons (Fsp3) is 0.833. The van der Waals surface area contributed by atoms with Gasteiger partial charge in [0.25, 0.3) is 5.97 Å². The Morgan fingerprint density at radius 2 is 1.67 bits per heavy atom. The molecular weight excluding hydrogens is 136 g/mol. The van der Waals surface area contributed by atoms with Gasteiger partial charge in [0.15, 0.2) is 0 Å². The molecule has 0 amide bonds. The summed E-state index contributed by atoms with van der Waals surface area (Å²) in [5.41, 5.74) is 0. The molecule has 0 radical (unpaired) electrons. The molecule has 0 bridgehead atoms. The molecule has 0 rings (SSSR count). The maximum atomic E-state index is 9.00. The van der Waals surface area contributed by atoms with Gasteiger partial charge in [-0.3, -0.25) is 4.79 Å². The summed E-state index contributed by atoms with van der Waals surface area (Å²) in [6, 6.07) is 0. The van der Waals surface area contributed by atoms with E-state index in [0.717, 1.165) is 6.92 Å².